The average Bonchev–Trinajstić information content (AvgIpc) is 3.14. The van der Waals surface area contributed by atoms with Crippen LogP contribution in [-0.4, -0.2) is 24.6 Å². The first-order valence-corrected chi connectivity index (χ1v) is 8.35. The van der Waals surface area contributed by atoms with E-state index in [9.17, 15) is 14.0 Å². The number of hydrogen-bond acceptors (Lipinski definition) is 4. The Kier molecular flexibility index (Phi) is 4.71. The number of thiophene rings is 1. The van der Waals surface area contributed by atoms with Gasteiger partial charge in [0.1, 0.15) is 5.82 Å². The second-order valence-corrected chi connectivity index (χ2v) is 6.53. The third kappa shape index (κ3) is 3.51. The molecule has 2 aromatic rings. The number of nitrogens with zero attached hydrogens (tertiary/aromatic N) is 2. The zero-order chi connectivity index (χ0) is 17.1. The van der Waals surface area contributed by atoms with E-state index in [1.807, 2.05) is 18.4 Å². The van der Waals surface area contributed by atoms with Crippen molar-refractivity contribution in [1.29, 1.82) is 0 Å². The second kappa shape index (κ2) is 6.92. The van der Waals surface area contributed by atoms with Gasteiger partial charge in [0, 0.05) is 23.5 Å². The summed E-state index contributed by atoms with van der Waals surface area (Å²) in [5.74, 6) is -1.28. The van der Waals surface area contributed by atoms with E-state index >= 15 is 0 Å². The molecular weight excluding hydrogens is 329 g/mol. The molecule has 2 amide bonds. The molecule has 1 saturated heterocycles. The minimum Gasteiger partial charge on any atom is -0.312 e. The molecule has 1 aromatic carbocycles. The highest BCUT2D eigenvalue weighted by Crippen LogP contribution is 2.25. The van der Waals surface area contributed by atoms with Crippen LogP contribution in [0.4, 0.5) is 10.1 Å². The lowest BCUT2D eigenvalue weighted by Crippen LogP contribution is -2.30. The molecule has 0 aliphatic carbocycles. The zero-order valence-electron chi connectivity index (χ0n) is 13.0. The molecule has 0 radical (unpaired) electrons. The fraction of sp³-hybridized carbons (Fsp3) is 0.235. The van der Waals surface area contributed by atoms with Gasteiger partial charge in [0.2, 0.25) is 11.8 Å². The van der Waals surface area contributed by atoms with E-state index < -0.39 is 5.92 Å². The molecule has 7 heteroatoms. The Labute approximate surface area is 142 Å². The van der Waals surface area contributed by atoms with Crippen LogP contribution < -0.4 is 10.3 Å². The molecule has 1 fully saturated rings. The number of hydrazone groups is 1. The number of carbonyl (C=O) groups excluding carboxylic acids is 2. The highest BCUT2D eigenvalue weighted by molar-refractivity contribution is 7.11. The molecule has 5 nitrogen and oxygen atoms in total. The molecule has 3 rings (SSSR count). The number of rotatable bonds is 4. The van der Waals surface area contributed by atoms with Crippen molar-refractivity contribution in [2.45, 2.75) is 13.3 Å². The van der Waals surface area contributed by atoms with Gasteiger partial charge in [-0.25, -0.2) is 9.82 Å². The Morgan fingerprint density at radius 2 is 2.12 bits per heavy atom. The van der Waals surface area contributed by atoms with Crippen molar-refractivity contribution in [3.05, 3.63) is 52.0 Å². The lowest BCUT2D eigenvalue weighted by molar-refractivity contribution is -0.126. The molecule has 1 N–H and O–H groups in total. The van der Waals surface area contributed by atoms with E-state index in [2.05, 4.69) is 10.5 Å². The van der Waals surface area contributed by atoms with E-state index in [4.69, 9.17) is 0 Å². The molecule has 1 aliphatic rings. The van der Waals surface area contributed by atoms with Crippen molar-refractivity contribution >= 4 is 35.1 Å². The molecule has 0 saturated carbocycles. The predicted molar refractivity (Wildman–Crippen MR) is 91.7 cm³/mol. The van der Waals surface area contributed by atoms with Crippen molar-refractivity contribution in [3.8, 4) is 0 Å². The monoisotopic (exact) mass is 345 g/mol. The minimum absolute atomic E-state index is 0.122. The van der Waals surface area contributed by atoms with Crippen molar-refractivity contribution < 1.29 is 14.0 Å². The molecule has 124 valence electrons. The van der Waals surface area contributed by atoms with Crippen LogP contribution in [0.5, 0.6) is 0 Å². The summed E-state index contributed by atoms with van der Waals surface area (Å²) in [5.41, 5.74) is 4.18. The normalized spacial score (nSPS) is 17.7. The van der Waals surface area contributed by atoms with Crippen LogP contribution in [0.25, 0.3) is 0 Å². The fourth-order valence-corrected chi connectivity index (χ4v) is 3.30. The maximum absolute atomic E-state index is 13.0. The fourth-order valence-electron chi connectivity index (χ4n) is 2.52. The van der Waals surface area contributed by atoms with E-state index in [1.165, 1.54) is 40.5 Å². The molecule has 0 unspecified atom stereocenters. The number of halogens is 1. The Bertz CT molecular complexity index is 785. The van der Waals surface area contributed by atoms with Crippen LogP contribution in [0.3, 0.4) is 0 Å². The minimum atomic E-state index is -0.468. The van der Waals surface area contributed by atoms with Crippen LogP contribution in [0, 0.1) is 18.7 Å². The van der Waals surface area contributed by atoms with Gasteiger partial charge in [0.25, 0.3) is 0 Å². The van der Waals surface area contributed by atoms with Crippen LogP contribution >= 0.6 is 11.3 Å². The van der Waals surface area contributed by atoms with Crippen LogP contribution in [0.15, 0.2) is 40.8 Å². The van der Waals surface area contributed by atoms with E-state index in [1.54, 1.807) is 6.21 Å². The Balaban J connectivity index is 1.60. The first-order valence-electron chi connectivity index (χ1n) is 7.47. The smallest absolute Gasteiger partial charge is 0.245 e. The number of hydrogen-bond donors (Lipinski definition) is 1. The van der Waals surface area contributed by atoms with E-state index in [0.29, 0.717) is 5.69 Å². The number of benzene rings is 1. The summed E-state index contributed by atoms with van der Waals surface area (Å²) in [7, 11) is 0. The standard InChI is InChI=1S/C17H16FN3O2S/c1-11-6-7-24-15(11)9-19-20-17(23)12-8-16(22)21(10-12)14-4-2-13(18)3-5-14/h2-7,9,12H,8,10H2,1H3,(H,20,23)/t12-/m1/s1. The Hall–Kier alpha value is -2.54. The highest BCUT2D eigenvalue weighted by Gasteiger charge is 2.35. The summed E-state index contributed by atoms with van der Waals surface area (Å²) >= 11 is 1.54. The SMILES string of the molecule is Cc1ccsc1C=NNC(=O)[C@@H]1CC(=O)N(c2ccc(F)cc2)C1. The average molecular weight is 345 g/mol. The summed E-state index contributed by atoms with van der Waals surface area (Å²) in [4.78, 5) is 26.7. The topological polar surface area (TPSA) is 61.8 Å². The Morgan fingerprint density at radius 3 is 2.79 bits per heavy atom. The van der Waals surface area contributed by atoms with Crippen LogP contribution in [0.1, 0.15) is 16.9 Å². The summed E-state index contributed by atoms with van der Waals surface area (Å²) in [6.07, 6.45) is 1.73. The van der Waals surface area contributed by atoms with Crippen LogP contribution in [-0.2, 0) is 9.59 Å². The summed E-state index contributed by atoms with van der Waals surface area (Å²) in [6.45, 7) is 2.24. The second-order valence-electron chi connectivity index (χ2n) is 5.58. The zero-order valence-corrected chi connectivity index (χ0v) is 13.8. The molecule has 0 bridgehead atoms. The molecule has 0 spiro atoms. The van der Waals surface area contributed by atoms with Gasteiger partial charge < -0.3 is 4.90 Å². The van der Waals surface area contributed by atoms with E-state index in [-0.39, 0.29) is 30.6 Å². The van der Waals surface area contributed by atoms with Gasteiger partial charge in [0.05, 0.1) is 12.1 Å². The number of nitrogens with one attached hydrogen (secondary N) is 1. The third-order valence-electron chi connectivity index (χ3n) is 3.89. The predicted octanol–water partition coefficient (Wildman–Crippen LogP) is 2.70. The van der Waals surface area contributed by atoms with Crippen LogP contribution in [0.2, 0.25) is 0 Å². The van der Waals surface area contributed by atoms with Gasteiger partial charge in [-0.1, -0.05) is 0 Å². The highest BCUT2D eigenvalue weighted by atomic mass is 32.1. The maximum Gasteiger partial charge on any atom is 0.245 e. The summed E-state index contributed by atoms with van der Waals surface area (Å²) in [6, 6.07) is 7.63. The Morgan fingerprint density at radius 1 is 1.38 bits per heavy atom. The first-order chi connectivity index (χ1) is 11.5. The largest absolute Gasteiger partial charge is 0.312 e. The van der Waals surface area contributed by atoms with Crippen molar-refractivity contribution in [1.82, 2.24) is 5.43 Å². The quantitative estimate of drug-likeness (QED) is 0.684. The summed E-state index contributed by atoms with van der Waals surface area (Å²) in [5, 5.41) is 5.91. The molecular formula is C17H16FN3O2S. The number of anilines is 1. The van der Waals surface area contributed by atoms with Crippen molar-refractivity contribution in [3.63, 3.8) is 0 Å². The maximum atomic E-state index is 13.0. The lowest BCUT2D eigenvalue weighted by atomic mass is 10.1. The number of carbonyl (C=O) groups is 2. The van der Waals surface area contributed by atoms with Gasteiger partial charge in [0.15, 0.2) is 0 Å². The van der Waals surface area contributed by atoms with Gasteiger partial charge >= 0.3 is 0 Å². The van der Waals surface area contributed by atoms with Gasteiger partial charge in [-0.3, -0.25) is 9.59 Å². The van der Waals surface area contributed by atoms with E-state index in [0.717, 1.165) is 10.4 Å². The van der Waals surface area contributed by atoms with Gasteiger partial charge in [-0.2, -0.15) is 5.10 Å². The summed E-state index contributed by atoms with van der Waals surface area (Å²) < 4.78 is 13.0. The van der Waals surface area contributed by atoms with Gasteiger partial charge in [-0.05, 0) is 48.2 Å². The molecule has 1 aromatic heterocycles. The molecule has 1 aliphatic heterocycles. The molecule has 1 atom stereocenters. The van der Waals surface area contributed by atoms with Crippen molar-refractivity contribution in [2.24, 2.45) is 11.0 Å². The molecule has 2 heterocycles. The molecule has 24 heavy (non-hydrogen) atoms. The third-order valence-corrected chi connectivity index (χ3v) is 4.85. The number of amides is 2. The first kappa shape index (κ1) is 16.3. The number of aryl methyl sites for hydroxylation is 1. The van der Waals surface area contributed by atoms with Crippen molar-refractivity contribution in [2.75, 3.05) is 11.4 Å². The van der Waals surface area contributed by atoms with Gasteiger partial charge in [-0.15, -0.1) is 11.3 Å². The lowest BCUT2D eigenvalue weighted by Gasteiger charge is -2.16.